The summed E-state index contributed by atoms with van der Waals surface area (Å²) in [6.45, 7) is 0. The van der Waals surface area contributed by atoms with Gasteiger partial charge < -0.3 is 5.73 Å². The normalized spacial score (nSPS) is 18.7. The Morgan fingerprint density at radius 1 is 1.23 bits per heavy atom. The van der Waals surface area contributed by atoms with Crippen molar-refractivity contribution in [2.75, 3.05) is 0 Å². The summed E-state index contributed by atoms with van der Waals surface area (Å²) in [5.74, 6) is 0.690. The molecular formula is C10H11Br2N. The van der Waals surface area contributed by atoms with Crippen LogP contribution in [0.2, 0.25) is 0 Å². The van der Waals surface area contributed by atoms with Gasteiger partial charge in [-0.05, 0) is 36.5 Å². The molecule has 0 spiro atoms. The second-order valence-electron chi connectivity index (χ2n) is 3.50. The summed E-state index contributed by atoms with van der Waals surface area (Å²) in [5, 5.41) is 0. The Hall–Kier alpha value is 0.140. The van der Waals surface area contributed by atoms with Crippen molar-refractivity contribution in [3.05, 3.63) is 32.7 Å². The summed E-state index contributed by atoms with van der Waals surface area (Å²) in [7, 11) is 0. The molecule has 0 amide bonds. The zero-order chi connectivity index (χ0) is 9.42. The van der Waals surface area contributed by atoms with Gasteiger partial charge in [-0.1, -0.05) is 37.9 Å². The number of rotatable bonds is 2. The molecule has 1 aliphatic carbocycles. The van der Waals surface area contributed by atoms with Crippen molar-refractivity contribution in [2.45, 2.75) is 18.9 Å². The van der Waals surface area contributed by atoms with Crippen molar-refractivity contribution in [3.8, 4) is 0 Å². The molecule has 0 heterocycles. The van der Waals surface area contributed by atoms with Crippen LogP contribution in [0.25, 0.3) is 0 Å². The summed E-state index contributed by atoms with van der Waals surface area (Å²) < 4.78 is 2.22. The van der Waals surface area contributed by atoms with Crippen LogP contribution in [0.1, 0.15) is 24.4 Å². The largest absolute Gasteiger partial charge is 0.324 e. The van der Waals surface area contributed by atoms with Gasteiger partial charge in [0.25, 0.3) is 0 Å². The average molecular weight is 305 g/mol. The minimum absolute atomic E-state index is 0.185. The van der Waals surface area contributed by atoms with E-state index in [2.05, 4.69) is 31.9 Å². The third-order valence-electron chi connectivity index (χ3n) is 2.46. The number of benzene rings is 1. The highest BCUT2D eigenvalue weighted by Crippen LogP contribution is 2.43. The van der Waals surface area contributed by atoms with Crippen LogP contribution in [0, 0.1) is 5.92 Å². The van der Waals surface area contributed by atoms with Crippen molar-refractivity contribution in [1.82, 2.24) is 0 Å². The smallest absolute Gasteiger partial charge is 0.0346 e. The first kappa shape index (κ1) is 9.69. The van der Waals surface area contributed by atoms with E-state index in [4.69, 9.17) is 5.73 Å². The second kappa shape index (κ2) is 3.71. The van der Waals surface area contributed by atoms with Gasteiger partial charge in [0.1, 0.15) is 0 Å². The molecule has 1 fully saturated rings. The van der Waals surface area contributed by atoms with Crippen LogP contribution in [-0.2, 0) is 0 Å². The van der Waals surface area contributed by atoms with Gasteiger partial charge in [-0.2, -0.15) is 0 Å². The summed E-state index contributed by atoms with van der Waals surface area (Å²) >= 11 is 7.07. The SMILES string of the molecule is NC(c1c(Br)cccc1Br)C1CC1. The van der Waals surface area contributed by atoms with E-state index in [0.717, 1.165) is 8.95 Å². The lowest BCUT2D eigenvalue weighted by Gasteiger charge is -2.14. The second-order valence-corrected chi connectivity index (χ2v) is 5.21. The molecule has 0 bridgehead atoms. The molecule has 0 radical (unpaired) electrons. The Labute approximate surface area is 95.0 Å². The van der Waals surface area contributed by atoms with E-state index in [1.54, 1.807) is 0 Å². The van der Waals surface area contributed by atoms with Crippen molar-refractivity contribution in [2.24, 2.45) is 11.7 Å². The molecule has 1 aromatic carbocycles. The molecule has 1 saturated carbocycles. The van der Waals surface area contributed by atoms with E-state index in [9.17, 15) is 0 Å². The number of hydrogen-bond acceptors (Lipinski definition) is 1. The van der Waals surface area contributed by atoms with E-state index < -0.39 is 0 Å². The molecule has 13 heavy (non-hydrogen) atoms. The molecular weight excluding hydrogens is 294 g/mol. The molecule has 2 N–H and O–H groups in total. The van der Waals surface area contributed by atoms with E-state index in [1.165, 1.54) is 18.4 Å². The lowest BCUT2D eigenvalue weighted by molar-refractivity contribution is 0.628. The molecule has 1 nitrogen and oxygen atoms in total. The van der Waals surface area contributed by atoms with Crippen molar-refractivity contribution >= 4 is 31.9 Å². The fourth-order valence-corrected chi connectivity index (χ4v) is 3.05. The predicted molar refractivity (Wildman–Crippen MR) is 61.5 cm³/mol. The first-order valence-electron chi connectivity index (χ1n) is 4.39. The number of halogens is 2. The van der Waals surface area contributed by atoms with Gasteiger partial charge in [-0.15, -0.1) is 0 Å². The lowest BCUT2D eigenvalue weighted by atomic mass is 10.0. The Morgan fingerprint density at radius 2 is 1.77 bits per heavy atom. The summed E-state index contributed by atoms with van der Waals surface area (Å²) in [6, 6.07) is 6.28. The molecule has 1 aliphatic rings. The number of nitrogens with two attached hydrogens (primary N) is 1. The van der Waals surface area contributed by atoms with Crippen molar-refractivity contribution < 1.29 is 0 Å². The Balaban J connectivity index is 2.36. The first-order chi connectivity index (χ1) is 6.20. The van der Waals surface area contributed by atoms with Gasteiger partial charge in [0.15, 0.2) is 0 Å². The number of hydrogen-bond donors (Lipinski definition) is 1. The standard InChI is InChI=1S/C10H11Br2N/c11-7-2-1-3-8(12)9(7)10(13)6-4-5-6/h1-3,6,10H,4-5,13H2. The van der Waals surface area contributed by atoms with Gasteiger partial charge in [0.2, 0.25) is 0 Å². The molecule has 1 unspecified atom stereocenters. The van der Waals surface area contributed by atoms with Crippen LogP contribution >= 0.6 is 31.9 Å². The summed E-state index contributed by atoms with van der Waals surface area (Å²) in [4.78, 5) is 0. The monoisotopic (exact) mass is 303 g/mol. The Morgan fingerprint density at radius 3 is 2.23 bits per heavy atom. The van der Waals surface area contributed by atoms with Crippen LogP contribution in [0.15, 0.2) is 27.1 Å². The minimum Gasteiger partial charge on any atom is -0.324 e. The minimum atomic E-state index is 0.185. The average Bonchev–Trinajstić information content (AvgIpc) is 2.85. The van der Waals surface area contributed by atoms with E-state index in [-0.39, 0.29) is 6.04 Å². The van der Waals surface area contributed by atoms with Crippen LogP contribution in [0.5, 0.6) is 0 Å². The predicted octanol–water partition coefficient (Wildman–Crippen LogP) is 3.62. The lowest BCUT2D eigenvalue weighted by Crippen LogP contribution is -2.13. The first-order valence-corrected chi connectivity index (χ1v) is 5.98. The molecule has 2 rings (SSSR count). The zero-order valence-corrected chi connectivity index (χ0v) is 10.3. The van der Waals surface area contributed by atoms with Gasteiger partial charge >= 0.3 is 0 Å². The zero-order valence-electron chi connectivity index (χ0n) is 7.13. The highest BCUT2D eigenvalue weighted by atomic mass is 79.9. The maximum Gasteiger partial charge on any atom is 0.0346 e. The summed E-state index contributed by atoms with van der Waals surface area (Å²) in [6.07, 6.45) is 2.55. The highest BCUT2D eigenvalue weighted by molar-refractivity contribution is 9.11. The highest BCUT2D eigenvalue weighted by Gasteiger charge is 2.31. The molecule has 1 atom stereocenters. The van der Waals surface area contributed by atoms with Crippen molar-refractivity contribution in [3.63, 3.8) is 0 Å². The van der Waals surface area contributed by atoms with Gasteiger partial charge in [-0.25, -0.2) is 0 Å². The van der Waals surface area contributed by atoms with Crippen LogP contribution < -0.4 is 5.73 Å². The third-order valence-corrected chi connectivity index (χ3v) is 3.85. The van der Waals surface area contributed by atoms with E-state index in [0.29, 0.717) is 5.92 Å². The van der Waals surface area contributed by atoms with Crippen LogP contribution in [0.3, 0.4) is 0 Å². The Bertz CT molecular complexity index is 300. The Kier molecular flexibility index (Phi) is 2.77. The van der Waals surface area contributed by atoms with E-state index >= 15 is 0 Å². The maximum absolute atomic E-state index is 6.14. The van der Waals surface area contributed by atoms with Crippen molar-refractivity contribution in [1.29, 1.82) is 0 Å². The maximum atomic E-state index is 6.14. The molecule has 1 aromatic rings. The van der Waals surface area contributed by atoms with Gasteiger partial charge in [-0.3, -0.25) is 0 Å². The molecule has 0 aromatic heterocycles. The molecule has 0 saturated heterocycles. The fraction of sp³-hybridized carbons (Fsp3) is 0.400. The molecule has 3 heteroatoms. The fourth-order valence-electron chi connectivity index (χ4n) is 1.52. The van der Waals surface area contributed by atoms with Crippen LogP contribution in [0.4, 0.5) is 0 Å². The third kappa shape index (κ3) is 1.97. The molecule has 0 aliphatic heterocycles. The van der Waals surface area contributed by atoms with Gasteiger partial charge in [0.05, 0.1) is 0 Å². The topological polar surface area (TPSA) is 26.0 Å². The quantitative estimate of drug-likeness (QED) is 0.887. The van der Waals surface area contributed by atoms with E-state index in [1.807, 2.05) is 18.2 Å². The van der Waals surface area contributed by atoms with Gasteiger partial charge in [0, 0.05) is 15.0 Å². The summed E-state index contributed by atoms with van der Waals surface area (Å²) in [5.41, 5.74) is 7.35. The molecule has 70 valence electrons. The van der Waals surface area contributed by atoms with Crippen LogP contribution in [-0.4, -0.2) is 0 Å².